The summed E-state index contributed by atoms with van der Waals surface area (Å²) in [6.45, 7) is 5.28. The van der Waals surface area contributed by atoms with Crippen molar-refractivity contribution in [2.24, 2.45) is 11.7 Å². The average Bonchev–Trinajstić information content (AvgIpc) is 2.93. The van der Waals surface area contributed by atoms with Gasteiger partial charge in [0.25, 0.3) is 0 Å². The summed E-state index contributed by atoms with van der Waals surface area (Å²) in [5.74, 6) is 0.471. The molecule has 2 aromatic rings. The number of ether oxygens (including phenoxy) is 2. The summed E-state index contributed by atoms with van der Waals surface area (Å²) in [7, 11) is 0. The molecule has 1 aromatic heterocycles. The Labute approximate surface area is 138 Å². The minimum atomic E-state index is -4.78. The Balaban J connectivity index is 2.36. The fourth-order valence-electron chi connectivity index (χ4n) is 2.06. The average molecular weight is 343 g/mol. The largest absolute Gasteiger partial charge is 0.573 e. The summed E-state index contributed by atoms with van der Waals surface area (Å²) in [6, 6.07) is 4.23. The van der Waals surface area contributed by atoms with Gasteiger partial charge in [0.2, 0.25) is 0 Å². The maximum atomic E-state index is 12.6. The highest BCUT2D eigenvalue weighted by molar-refractivity contribution is 5.71. The molecule has 0 atom stereocenters. The first-order valence-corrected chi connectivity index (χ1v) is 7.54. The van der Waals surface area contributed by atoms with Crippen LogP contribution in [-0.2, 0) is 6.54 Å². The van der Waals surface area contributed by atoms with E-state index in [1.54, 1.807) is 10.9 Å². The number of hydrogen-bond acceptors (Lipinski definition) is 4. The van der Waals surface area contributed by atoms with Crippen LogP contribution < -0.4 is 15.2 Å². The molecule has 5 nitrogen and oxygen atoms in total. The van der Waals surface area contributed by atoms with Crippen LogP contribution in [0, 0.1) is 5.92 Å². The Morgan fingerprint density at radius 1 is 1.29 bits per heavy atom. The van der Waals surface area contributed by atoms with Crippen molar-refractivity contribution < 1.29 is 22.6 Å². The fourth-order valence-corrected chi connectivity index (χ4v) is 2.06. The smallest absolute Gasteiger partial charge is 0.493 e. The molecule has 0 spiro atoms. The van der Waals surface area contributed by atoms with Crippen LogP contribution in [0.1, 0.15) is 13.8 Å². The Morgan fingerprint density at radius 2 is 2.04 bits per heavy atom. The third-order valence-corrected chi connectivity index (χ3v) is 3.06. The van der Waals surface area contributed by atoms with Gasteiger partial charge in [-0.2, -0.15) is 5.10 Å². The molecule has 0 radical (unpaired) electrons. The van der Waals surface area contributed by atoms with Gasteiger partial charge in [0.1, 0.15) is 11.5 Å². The molecule has 0 aliphatic carbocycles. The van der Waals surface area contributed by atoms with E-state index < -0.39 is 6.36 Å². The molecule has 2 N–H and O–H groups in total. The van der Waals surface area contributed by atoms with E-state index in [1.807, 2.05) is 13.8 Å². The maximum absolute atomic E-state index is 12.6. The number of nitrogens with zero attached hydrogens (tertiary/aromatic N) is 2. The zero-order chi connectivity index (χ0) is 17.7. The normalized spacial score (nSPS) is 11.8. The number of nitrogens with two attached hydrogens (primary N) is 1. The second-order valence-corrected chi connectivity index (χ2v) is 5.69. The first-order chi connectivity index (χ1) is 11.3. The van der Waals surface area contributed by atoms with Crippen LogP contribution in [-0.4, -0.2) is 29.3 Å². The molecule has 24 heavy (non-hydrogen) atoms. The lowest BCUT2D eigenvalue weighted by Gasteiger charge is -2.15. The number of hydrogen-bond donors (Lipinski definition) is 1. The Bertz CT molecular complexity index is 669. The first-order valence-electron chi connectivity index (χ1n) is 7.54. The van der Waals surface area contributed by atoms with Crippen molar-refractivity contribution in [3.05, 3.63) is 30.6 Å². The lowest BCUT2D eigenvalue weighted by atomic mass is 10.1. The van der Waals surface area contributed by atoms with Gasteiger partial charge in [-0.1, -0.05) is 13.8 Å². The predicted molar refractivity (Wildman–Crippen MR) is 83.7 cm³/mol. The fraction of sp³-hybridized carbons (Fsp3) is 0.438. The van der Waals surface area contributed by atoms with Gasteiger partial charge >= 0.3 is 6.36 Å². The van der Waals surface area contributed by atoms with Gasteiger partial charge in [-0.05, 0) is 24.1 Å². The van der Waals surface area contributed by atoms with Crippen molar-refractivity contribution >= 4 is 0 Å². The molecule has 0 unspecified atom stereocenters. The molecule has 0 aliphatic rings. The second-order valence-electron chi connectivity index (χ2n) is 5.69. The zero-order valence-electron chi connectivity index (χ0n) is 13.5. The van der Waals surface area contributed by atoms with Crippen LogP contribution >= 0.6 is 0 Å². The van der Waals surface area contributed by atoms with Crippen molar-refractivity contribution in [2.45, 2.75) is 26.8 Å². The SMILES string of the molecule is CC(C)COc1ccc(OC(F)(F)F)c(-c2cnn(CCN)c2)c1. The highest BCUT2D eigenvalue weighted by Gasteiger charge is 2.32. The molecule has 0 saturated heterocycles. The standard InChI is InChI=1S/C16H20F3N3O2/c1-11(2)10-23-13-3-4-15(24-16(17,18)19)14(7-13)12-8-21-22(9-12)6-5-20/h3-4,7-9,11H,5-6,10,20H2,1-2H3. The molecule has 0 amide bonds. The van der Waals surface area contributed by atoms with E-state index in [0.29, 0.717) is 36.9 Å². The molecule has 0 fully saturated rings. The van der Waals surface area contributed by atoms with Gasteiger partial charge in [0.05, 0.1) is 19.3 Å². The van der Waals surface area contributed by atoms with Gasteiger partial charge in [0, 0.05) is 23.9 Å². The monoisotopic (exact) mass is 343 g/mol. The van der Waals surface area contributed by atoms with E-state index >= 15 is 0 Å². The minimum Gasteiger partial charge on any atom is -0.493 e. The quantitative estimate of drug-likeness (QED) is 0.836. The van der Waals surface area contributed by atoms with E-state index in [2.05, 4.69) is 9.84 Å². The third kappa shape index (κ3) is 5.16. The molecular formula is C16H20F3N3O2. The third-order valence-electron chi connectivity index (χ3n) is 3.06. The number of halogens is 3. The van der Waals surface area contributed by atoms with E-state index in [1.165, 1.54) is 24.4 Å². The summed E-state index contributed by atoms with van der Waals surface area (Å²) < 4.78 is 49.1. The van der Waals surface area contributed by atoms with Crippen LogP contribution in [0.4, 0.5) is 13.2 Å². The number of rotatable bonds is 7. The van der Waals surface area contributed by atoms with Crippen LogP contribution in [0.3, 0.4) is 0 Å². The first kappa shape index (κ1) is 18.1. The van der Waals surface area contributed by atoms with E-state index in [9.17, 15) is 13.2 Å². The molecule has 0 saturated carbocycles. The minimum absolute atomic E-state index is 0.261. The van der Waals surface area contributed by atoms with Gasteiger partial charge in [-0.15, -0.1) is 13.2 Å². The lowest BCUT2D eigenvalue weighted by molar-refractivity contribution is -0.274. The van der Waals surface area contributed by atoms with Crippen LogP contribution in [0.15, 0.2) is 30.6 Å². The molecule has 0 bridgehead atoms. The molecule has 132 valence electrons. The summed E-state index contributed by atoms with van der Waals surface area (Å²) in [6.07, 6.45) is -1.68. The predicted octanol–water partition coefficient (Wildman–Crippen LogP) is 3.44. The van der Waals surface area contributed by atoms with Crippen molar-refractivity contribution in [1.29, 1.82) is 0 Å². The summed E-state index contributed by atoms with van der Waals surface area (Å²) in [5, 5.41) is 4.08. The van der Waals surface area contributed by atoms with Crippen LogP contribution in [0.25, 0.3) is 11.1 Å². The summed E-state index contributed by atoms with van der Waals surface area (Å²) in [4.78, 5) is 0. The van der Waals surface area contributed by atoms with Crippen molar-refractivity contribution in [3.8, 4) is 22.6 Å². The highest BCUT2D eigenvalue weighted by atomic mass is 19.4. The Hall–Kier alpha value is -2.22. The Morgan fingerprint density at radius 3 is 2.67 bits per heavy atom. The number of benzene rings is 1. The van der Waals surface area contributed by atoms with Gasteiger partial charge in [0.15, 0.2) is 0 Å². The topological polar surface area (TPSA) is 62.3 Å². The molecular weight excluding hydrogens is 323 g/mol. The van der Waals surface area contributed by atoms with Crippen molar-refractivity contribution in [3.63, 3.8) is 0 Å². The van der Waals surface area contributed by atoms with E-state index in [4.69, 9.17) is 10.5 Å². The highest BCUT2D eigenvalue weighted by Crippen LogP contribution is 2.36. The Kier molecular flexibility index (Phi) is 5.71. The van der Waals surface area contributed by atoms with Crippen LogP contribution in [0.5, 0.6) is 11.5 Å². The number of alkyl halides is 3. The van der Waals surface area contributed by atoms with Crippen molar-refractivity contribution in [1.82, 2.24) is 9.78 Å². The second kappa shape index (κ2) is 7.57. The molecule has 0 aliphatic heterocycles. The molecule has 8 heteroatoms. The maximum Gasteiger partial charge on any atom is 0.573 e. The zero-order valence-corrected chi connectivity index (χ0v) is 13.5. The molecule has 1 aromatic carbocycles. The molecule has 1 heterocycles. The van der Waals surface area contributed by atoms with Crippen molar-refractivity contribution in [2.75, 3.05) is 13.2 Å². The lowest BCUT2D eigenvalue weighted by Crippen LogP contribution is -2.17. The van der Waals surface area contributed by atoms with Crippen LogP contribution in [0.2, 0.25) is 0 Å². The van der Waals surface area contributed by atoms with Gasteiger partial charge in [-0.3, -0.25) is 4.68 Å². The summed E-state index contributed by atoms with van der Waals surface area (Å²) >= 11 is 0. The summed E-state index contributed by atoms with van der Waals surface area (Å²) in [5.41, 5.74) is 6.22. The van der Waals surface area contributed by atoms with Gasteiger partial charge < -0.3 is 15.2 Å². The van der Waals surface area contributed by atoms with E-state index in [-0.39, 0.29) is 11.3 Å². The van der Waals surface area contributed by atoms with E-state index in [0.717, 1.165) is 0 Å². The van der Waals surface area contributed by atoms with Gasteiger partial charge in [-0.25, -0.2) is 0 Å². The molecule has 2 rings (SSSR count). The number of aromatic nitrogens is 2.